The molecule has 5 N–H and O–H groups in total. The Morgan fingerprint density at radius 3 is 2.79 bits per heavy atom. The van der Waals surface area contributed by atoms with E-state index in [0.717, 1.165) is 0 Å². The fourth-order valence-electron chi connectivity index (χ4n) is 5.41. The van der Waals surface area contributed by atoms with Crippen molar-refractivity contribution >= 4 is 39.0 Å². The molecule has 0 radical (unpaired) electrons. The summed E-state index contributed by atoms with van der Waals surface area (Å²) in [4.78, 5) is 22.1. The number of pyridine rings is 1. The van der Waals surface area contributed by atoms with Crippen LogP contribution in [-0.4, -0.2) is 44.9 Å². The monoisotopic (exact) mass is 553 g/mol. The zero-order chi connectivity index (χ0) is 27.6. The number of halogens is 1. The lowest BCUT2D eigenvalue weighted by atomic mass is 9.86. The van der Waals surface area contributed by atoms with Crippen LogP contribution in [0.2, 0.25) is 0 Å². The van der Waals surface area contributed by atoms with E-state index in [1.54, 1.807) is 51.4 Å². The third-order valence-corrected chi connectivity index (χ3v) is 10.9. The topological polar surface area (TPSA) is 165 Å². The molecule has 13 heteroatoms. The minimum Gasteiger partial charge on any atom is -0.467 e. The van der Waals surface area contributed by atoms with Gasteiger partial charge in [0.15, 0.2) is 12.4 Å². The SMILES string of the molecule is Cc1cnc(COc2cnc3c(Nc4ccc(F)c([C@@]5(C)N=C(N)[C@@]6(C)CC[C@@H]5S6(O)O)c4)nccc3n2)o1. The number of nitrogens with zero attached hydrogens (tertiary/aromatic N) is 5. The van der Waals surface area contributed by atoms with E-state index in [2.05, 4.69) is 30.2 Å². The Hall–Kier alpha value is -3.81. The molecule has 39 heavy (non-hydrogen) atoms. The second-order valence-electron chi connectivity index (χ2n) is 10.2. The van der Waals surface area contributed by atoms with Crippen LogP contribution in [0.4, 0.5) is 15.9 Å². The molecule has 3 atom stereocenters. The second-order valence-corrected chi connectivity index (χ2v) is 12.9. The van der Waals surface area contributed by atoms with E-state index in [1.165, 1.54) is 12.3 Å². The third-order valence-electron chi connectivity index (χ3n) is 7.69. The molecule has 2 aliphatic heterocycles. The molecule has 0 amide bonds. The number of nitrogens with two attached hydrogens (primary N) is 1. The highest BCUT2D eigenvalue weighted by molar-refractivity contribution is 8.26. The molecule has 0 aliphatic carbocycles. The largest absolute Gasteiger partial charge is 0.467 e. The number of rotatable bonds is 6. The molecule has 2 bridgehead atoms. The zero-order valence-electron chi connectivity index (χ0n) is 21.6. The summed E-state index contributed by atoms with van der Waals surface area (Å²) < 4.78 is 47.6. The van der Waals surface area contributed by atoms with E-state index >= 15 is 4.39 Å². The number of nitrogens with one attached hydrogen (secondary N) is 1. The fraction of sp³-hybridized carbons (Fsp3) is 0.346. The van der Waals surface area contributed by atoms with Crippen LogP contribution >= 0.6 is 10.6 Å². The third kappa shape index (κ3) is 3.99. The van der Waals surface area contributed by atoms with Gasteiger partial charge in [-0.3, -0.25) is 14.1 Å². The molecule has 4 aromatic rings. The second kappa shape index (κ2) is 8.86. The predicted octanol–water partition coefficient (Wildman–Crippen LogP) is 5.04. The van der Waals surface area contributed by atoms with E-state index in [0.29, 0.717) is 52.9 Å². The first-order chi connectivity index (χ1) is 18.5. The molecule has 1 aromatic carbocycles. The lowest BCUT2D eigenvalue weighted by Crippen LogP contribution is -2.53. The predicted molar refractivity (Wildman–Crippen MR) is 146 cm³/mol. The highest BCUT2D eigenvalue weighted by atomic mass is 32.3. The summed E-state index contributed by atoms with van der Waals surface area (Å²) >= 11 is 0. The highest BCUT2D eigenvalue weighted by Gasteiger charge is 2.62. The van der Waals surface area contributed by atoms with Crippen LogP contribution in [0, 0.1) is 12.7 Å². The van der Waals surface area contributed by atoms with Gasteiger partial charge in [-0.2, -0.15) is 10.6 Å². The van der Waals surface area contributed by atoms with Crippen LogP contribution in [0.1, 0.15) is 43.9 Å². The van der Waals surface area contributed by atoms with Gasteiger partial charge in [0.05, 0.1) is 23.2 Å². The zero-order valence-corrected chi connectivity index (χ0v) is 22.4. The Morgan fingerprint density at radius 2 is 2.03 bits per heavy atom. The lowest BCUT2D eigenvalue weighted by molar-refractivity contribution is 0.251. The van der Waals surface area contributed by atoms with E-state index in [1.807, 2.05) is 0 Å². The molecule has 2 aliphatic rings. The van der Waals surface area contributed by atoms with Gasteiger partial charge < -0.3 is 20.2 Å². The lowest BCUT2D eigenvalue weighted by Gasteiger charge is -2.54. The molecule has 11 nitrogen and oxygen atoms in total. The Bertz CT molecular complexity index is 1630. The van der Waals surface area contributed by atoms with Gasteiger partial charge in [-0.25, -0.2) is 24.3 Å². The molecule has 3 aromatic heterocycles. The van der Waals surface area contributed by atoms with Gasteiger partial charge in [0.2, 0.25) is 11.8 Å². The molecule has 0 spiro atoms. The van der Waals surface area contributed by atoms with Gasteiger partial charge in [-0.1, -0.05) is 0 Å². The van der Waals surface area contributed by atoms with Crippen molar-refractivity contribution in [3.05, 3.63) is 65.9 Å². The standard InChI is InChI=1S/C26H28FN7O4S/c1-14-11-30-21(38-14)13-37-20-12-31-22-18(33-20)7-9-29-23(22)32-15-4-5-17(27)16(10-15)26(3)19-6-8-25(2,24(28)34-26)39(19,35)36/h4-5,7,9-12,19,35-36H,6,8,13H2,1-3H3,(H2,28,34)(H,29,32)/t19-,25+,26+/m0/s1. The van der Waals surface area contributed by atoms with Crippen LogP contribution in [0.5, 0.6) is 5.88 Å². The van der Waals surface area contributed by atoms with Gasteiger partial charge >= 0.3 is 0 Å². The molecule has 0 saturated carbocycles. The summed E-state index contributed by atoms with van der Waals surface area (Å²) in [6.45, 7) is 5.33. The maximum atomic E-state index is 15.3. The van der Waals surface area contributed by atoms with Crippen molar-refractivity contribution in [3.8, 4) is 5.88 Å². The first kappa shape index (κ1) is 25.5. The van der Waals surface area contributed by atoms with E-state index < -0.39 is 31.9 Å². The summed E-state index contributed by atoms with van der Waals surface area (Å²) in [5, 5.41) is 2.53. The number of aliphatic imine (C=N–C) groups is 1. The Morgan fingerprint density at radius 1 is 1.21 bits per heavy atom. The number of hydrogen-bond acceptors (Lipinski definition) is 11. The molecule has 5 heterocycles. The molecule has 6 rings (SSSR count). The molecule has 1 saturated heterocycles. The number of oxazole rings is 1. The van der Waals surface area contributed by atoms with Crippen LogP contribution < -0.4 is 15.8 Å². The van der Waals surface area contributed by atoms with Crippen LogP contribution in [0.15, 0.2) is 52.3 Å². The van der Waals surface area contributed by atoms with Gasteiger partial charge in [-0.15, -0.1) is 0 Å². The van der Waals surface area contributed by atoms with Crippen LogP contribution in [0.25, 0.3) is 11.0 Å². The van der Waals surface area contributed by atoms with Crippen molar-refractivity contribution in [1.29, 1.82) is 0 Å². The normalized spacial score (nSPS) is 26.3. The van der Waals surface area contributed by atoms with Gasteiger partial charge in [0.25, 0.3) is 0 Å². The minimum absolute atomic E-state index is 0.110. The van der Waals surface area contributed by atoms with E-state index in [4.69, 9.17) is 14.9 Å². The average Bonchev–Trinajstić information content (AvgIpc) is 3.39. The smallest absolute Gasteiger partial charge is 0.233 e. The number of aromatic nitrogens is 4. The van der Waals surface area contributed by atoms with Crippen molar-refractivity contribution in [3.63, 3.8) is 0 Å². The Labute approximate surface area is 225 Å². The van der Waals surface area contributed by atoms with Crippen molar-refractivity contribution < 1.29 is 22.6 Å². The molecule has 204 valence electrons. The number of aryl methyl sites for hydroxylation is 1. The highest BCUT2D eigenvalue weighted by Crippen LogP contribution is 2.71. The summed E-state index contributed by atoms with van der Waals surface area (Å²) in [5.74, 6) is 1.44. The number of anilines is 2. The number of amidine groups is 1. The first-order valence-corrected chi connectivity index (χ1v) is 14.0. The number of fused-ring (bicyclic) bond motifs is 3. The number of benzene rings is 1. The average molecular weight is 554 g/mol. The minimum atomic E-state index is -3.17. The van der Waals surface area contributed by atoms with Crippen LogP contribution in [0.3, 0.4) is 0 Å². The quantitative estimate of drug-likeness (QED) is 0.254. The van der Waals surface area contributed by atoms with Gasteiger partial charge in [0.1, 0.15) is 33.2 Å². The van der Waals surface area contributed by atoms with Crippen molar-refractivity contribution in [1.82, 2.24) is 19.9 Å². The van der Waals surface area contributed by atoms with Gasteiger partial charge in [0, 0.05) is 17.4 Å². The van der Waals surface area contributed by atoms with E-state index in [9.17, 15) is 9.11 Å². The first-order valence-electron chi connectivity index (χ1n) is 12.4. The number of ether oxygens (including phenoxy) is 1. The Balaban J connectivity index is 1.30. The molecular formula is C26H28FN7O4S. The van der Waals surface area contributed by atoms with E-state index in [-0.39, 0.29) is 18.0 Å². The molecule has 1 fully saturated rings. The van der Waals surface area contributed by atoms with Crippen molar-refractivity contribution in [2.45, 2.75) is 55.8 Å². The maximum absolute atomic E-state index is 15.3. The maximum Gasteiger partial charge on any atom is 0.233 e. The molecule has 0 unspecified atom stereocenters. The van der Waals surface area contributed by atoms with Crippen molar-refractivity contribution in [2.75, 3.05) is 5.32 Å². The van der Waals surface area contributed by atoms with Crippen molar-refractivity contribution in [2.24, 2.45) is 10.7 Å². The summed E-state index contributed by atoms with van der Waals surface area (Å²) in [7, 11) is -3.17. The number of hydrogen-bond donors (Lipinski definition) is 4. The molecular weight excluding hydrogens is 525 g/mol. The Kier molecular flexibility index (Phi) is 5.79. The fourth-order valence-corrected chi connectivity index (χ4v) is 8.08. The van der Waals surface area contributed by atoms with Gasteiger partial charge in [-0.05, 0) is 57.9 Å². The summed E-state index contributed by atoms with van der Waals surface area (Å²) in [6.07, 6.45) is 5.61. The van der Waals surface area contributed by atoms with Crippen LogP contribution in [-0.2, 0) is 12.1 Å². The summed E-state index contributed by atoms with van der Waals surface area (Å²) in [6, 6.07) is 6.19. The summed E-state index contributed by atoms with van der Waals surface area (Å²) in [5.41, 5.74) is 6.75.